The number of rotatable bonds is 5. The van der Waals surface area contributed by atoms with Crippen molar-refractivity contribution in [3.05, 3.63) is 83.4 Å². The van der Waals surface area contributed by atoms with Gasteiger partial charge in [0, 0.05) is 16.7 Å². The first kappa shape index (κ1) is 15.7. The van der Waals surface area contributed by atoms with Crippen LogP contribution in [0.3, 0.4) is 0 Å². The van der Waals surface area contributed by atoms with Crippen LogP contribution in [0.15, 0.2) is 67.3 Å². The topological polar surface area (TPSA) is 43.4 Å². The molecule has 0 radical (unpaired) electrons. The van der Waals surface area contributed by atoms with E-state index in [4.69, 9.17) is 16.3 Å². The fourth-order valence-electron chi connectivity index (χ4n) is 1.72. The van der Waals surface area contributed by atoms with Crippen LogP contribution in [0.4, 0.5) is 0 Å². The first-order valence-electron chi connectivity index (χ1n) is 6.51. The van der Waals surface area contributed by atoms with Gasteiger partial charge >= 0.3 is 5.97 Å². The molecule has 0 aliphatic carbocycles. The molecule has 0 saturated heterocycles. The number of carbonyl (C=O) groups is 2. The van der Waals surface area contributed by atoms with E-state index in [0.29, 0.717) is 16.3 Å². The van der Waals surface area contributed by atoms with Gasteiger partial charge in [0.05, 0.1) is 0 Å². The molecule has 0 amide bonds. The molecule has 2 aromatic carbocycles. The predicted octanol–water partition coefficient (Wildman–Crippen LogP) is 4.33. The summed E-state index contributed by atoms with van der Waals surface area (Å²) in [6.45, 7) is 3.31. The third kappa shape index (κ3) is 4.43. The Morgan fingerprint density at radius 3 is 2.45 bits per heavy atom. The third-order valence-corrected chi connectivity index (χ3v) is 3.03. The van der Waals surface area contributed by atoms with Gasteiger partial charge in [-0.05, 0) is 48.0 Å². The summed E-state index contributed by atoms with van der Waals surface area (Å²) in [6.07, 6.45) is 4.24. The molecule has 0 aromatic heterocycles. The number of allylic oxidation sites excluding steroid dienone is 1. The van der Waals surface area contributed by atoms with E-state index >= 15 is 0 Å². The van der Waals surface area contributed by atoms with Gasteiger partial charge in [0.25, 0.3) is 0 Å². The summed E-state index contributed by atoms with van der Waals surface area (Å²) in [5.74, 6) is -0.332. The molecular formula is C18H13ClO3. The van der Waals surface area contributed by atoms with Crippen molar-refractivity contribution in [2.75, 3.05) is 0 Å². The zero-order chi connectivity index (χ0) is 15.9. The van der Waals surface area contributed by atoms with Crippen LogP contribution in [0.2, 0.25) is 5.02 Å². The van der Waals surface area contributed by atoms with Gasteiger partial charge < -0.3 is 4.74 Å². The van der Waals surface area contributed by atoms with Gasteiger partial charge in [-0.25, -0.2) is 4.79 Å². The number of halogens is 1. The van der Waals surface area contributed by atoms with Crippen LogP contribution in [-0.4, -0.2) is 11.8 Å². The fourth-order valence-corrected chi connectivity index (χ4v) is 1.92. The molecule has 0 bridgehead atoms. The molecule has 0 heterocycles. The number of ketones is 1. The molecule has 0 atom stereocenters. The minimum atomic E-state index is -0.542. The fraction of sp³-hybridized carbons (Fsp3) is 0. The third-order valence-electron chi connectivity index (χ3n) is 2.80. The zero-order valence-corrected chi connectivity index (χ0v) is 12.4. The summed E-state index contributed by atoms with van der Waals surface area (Å²) in [6, 6.07) is 13.5. The Kier molecular flexibility index (Phi) is 5.28. The highest BCUT2D eigenvalue weighted by molar-refractivity contribution is 6.30. The van der Waals surface area contributed by atoms with Gasteiger partial charge in [0.15, 0.2) is 5.78 Å². The van der Waals surface area contributed by atoms with E-state index < -0.39 is 5.97 Å². The van der Waals surface area contributed by atoms with Crippen LogP contribution >= 0.6 is 11.6 Å². The molecule has 2 aromatic rings. The van der Waals surface area contributed by atoms with E-state index in [1.54, 1.807) is 42.5 Å². The number of hydrogen-bond donors (Lipinski definition) is 0. The van der Waals surface area contributed by atoms with Crippen molar-refractivity contribution < 1.29 is 14.3 Å². The molecule has 0 N–H and O–H groups in total. The van der Waals surface area contributed by atoms with E-state index in [2.05, 4.69) is 6.58 Å². The SMILES string of the molecule is C=CC(=O)Oc1ccc(C(=O)C=Cc2cccc(Cl)c2)cc1. The highest BCUT2D eigenvalue weighted by Gasteiger charge is 2.04. The molecule has 3 nitrogen and oxygen atoms in total. The maximum absolute atomic E-state index is 12.0. The maximum atomic E-state index is 12.0. The van der Waals surface area contributed by atoms with Crippen molar-refractivity contribution in [2.45, 2.75) is 0 Å². The molecule has 0 aliphatic rings. The van der Waals surface area contributed by atoms with Crippen LogP contribution in [0, 0.1) is 0 Å². The highest BCUT2D eigenvalue weighted by Crippen LogP contribution is 2.15. The van der Waals surface area contributed by atoms with Gasteiger partial charge in [-0.1, -0.05) is 36.4 Å². The summed E-state index contributed by atoms with van der Waals surface area (Å²) in [7, 11) is 0. The lowest BCUT2D eigenvalue weighted by Gasteiger charge is -2.02. The lowest BCUT2D eigenvalue weighted by atomic mass is 10.1. The summed E-state index contributed by atoms with van der Waals surface area (Å²) in [5.41, 5.74) is 1.34. The largest absolute Gasteiger partial charge is 0.423 e. The summed E-state index contributed by atoms with van der Waals surface area (Å²) in [4.78, 5) is 23.1. The number of hydrogen-bond acceptors (Lipinski definition) is 3. The summed E-state index contributed by atoms with van der Waals surface area (Å²) < 4.78 is 4.94. The van der Waals surface area contributed by atoms with Crippen LogP contribution < -0.4 is 4.74 Å². The van der Waals surface area contributed by atoms with Gasteiger partial charge in [0.1, 0.15) is 5.75 Å². The number of ether oxygens (including phenoxy) is 1. The molecule has 110 valence electrons. The molecule has 4 heteroatoms. The van der Waals surface area contributed by atoms with E-state index in [9.17, 15) is 9.59 Å². The van der Waals surface area contributed by atoms with E-state index in [0.717, 1.165) is 11.6 Å². The Hall–Kier alpha value is -2.65. The average Bonchev–Trinajstić information content (AvgIpc) is 2.53. The quantitative estimate of drug-likeness (QED) is 0.357. The van der Waals surface area contributed by atoms with Crippen molar-refractivity contribution in [2.24, 2.45) is 0 Å². The van der Waals surface area contributed by atoms with Crippen LogP contribution in [0.5, 0.6) is 5.75 Å². The van der Waals surface area contributed by atoms with Crippen LogP contribution in [-0.2, 0) is 4.79 Å². The number of carbonyl (C=O) groups excluding carboxylic acids is 2. The van der Waals surface area contributed by atoms with Gasteiger partial charge in [-0.15, -0.1) is 0 Å². The normalized spacial score (nSPS) is 10.4. The first-order valence-corrected chi connectivity index (χ1v) is 6.88. The van der Waals surface area contributed by atoms with Crippen molar-refractivity contribution in [3.8, 4) is 5.75 Å². The molecule has 0 saturated carbocycles. The van der Waals surface area contributed by atoms with E-state index in [1.807, 2.05) is 12.1 Å². The molecule has 22 heavy (non-hydrogen) atoms. The number of esters is 1. The molecule has 0 aliphatic heterocycles. The lowest BCUT2D eigenvalue weighted by Crippen LogP contribution is -2.03. The van der Waals surface area contributed by atoms with Crippen molar-refractivity contribution in [1.29, 1.82) is 0 Å². The van der Waals surface area contributed by atoms with E-state index in [1.165, 1.54) is 6.08 Å². The highest BCUT2D eigenvalue weighted by atomic mass is 35.5. The zero-order valence-electron chi connectivity index (χ0n) is 11.7. The second kappa shape index (κ2) is 7.38. The van der Waals surface area contributed by atoms with Crippen LogP contribution in [0.1, 0.15) is 15.9 Å². The smallest absolute Gasteiger partial charge is 0.335 e. The summed E-state index contributed by atoms with van der Waals surface area (Å²) >= 11 is 5.88. The van der Waals surface area contributed by atoms with Crippen molar-refractivity contribution in [1.82, 2.24) is 0 Å². The molecule has 0 unspecified atom stereocenters. The average molecular weight is 313 g/mol. The maximum Gasteiger partial charge on any atom is 0.335 e. The Morgan fingerprint density at radius 2 is 1.82 bits per heavy atom. The lowest BCUT2D eigenvalue weighted by molar-refractivity contribution is -0.128. The standard InChI is InChI=1S/C18H13ClO3/c1-2-18(21)22-16-9-7-14(8-10-16)17(20)11-6-13-4-3-5-15(19)12-13/h2-12H,1H2. The second-order valence-corrected chi connectivity index (χ2v) is 4.84. The predicted molar refractivity (Wildman–Crippen MR) is 87.1 cm³/mol. The Morgan fingerprint density at radius 1 is 1.09 bits per heavy atom. The molecule has 2 rings (SSSR count). The van der Waals surface area contributed by atoms with Crippen molar-refractivity contribution in [3.63, 3.8) is 0 Å². The minimum Gasteiger partial charge on any atom is -0.423 e. The molecule has 0 fully saturated rings. The monoisotopic (exact) mass is 312 g/mol. The van der Waals surface area contributed by atoms with Gasteiger partial charge in [-0.3, -0.25) is 4.79 Å². The Bertz CT molecular complexity index is 730. The van der Waals surface area contributed by atoms with Gasteiger partial charge in [-0.2, -0.15) is 0 Å². The summed E-state index contributed by atoms with van der Waals surface area (Å²) in [5, 5.41) is 0.614. The number of benzene rings is 2. The minimum absolute atomic E-state index is 0.151. The Balaban J connectivity index is 2.06. The second-order valence-electron chi connectivity index (χ2n) is 4.40. The van der Waals surface area contributed by atoms with Gasteiger partial charge in [0.2, 0.25) is 0 Å². The molecular weight excluding hydrogens is 300 g/mol. The molecule has 0 spiro atoms. The first-order chi connectivity index (χ1) is 10.6. The van der Waals surface area contributed by atoms with E-state index in [-0.39, 0.29) is 5.78 Å². The van der Waals surface area contributed by atoms with Crippen LogP contribution in [0.25, 0.3) is 6.08 Å². The van der Waals surface area contributed by atoms with Crippen molar-refractivity contribution >= 4 is 29.4 Å². The Labute approximate surface area is 133 Å².